The van der Waals surface area contributed by atoms with Crippen molar-refractivity contribution in [2.75, 3.05) is 7.11 Å². The molecule has 0 bridgehead atoms. The van der Waals surface area contributed by atoms with Gasteiger partial charge in [-0.2, -0.15) is 0 Å². The molecule has 6 nitrogen and oxygen atoms in total. The molecule has 0 saturated heterocycles. The Balaban J connectivity index is 0.00000220. The van der Waals surface area contributed by atoms with Gasteiger partial charge in [-0.25, -0.2) is 4.98 Å². The summed E-state index contributed by atoms with van der Waals surface area (Å²) >= 11 is 0. The van der Waals surface area contributed by atoms with Gasteiger partial charge in [0.05, 0.1) is 20.0 Å². The molecule has 0 aliphatic carbocycles. The Hall–Kier alpha value is -1.76. The first-order valence-electron chi connectivity index (χ1n) is 6.21. The van der Waals surface area contributed by atoms with Crippen molar-refractivity contribution in [3.05, 3.63) is 48.0 Å². The number of hydrogen-bond donors (Lipinski definition) is 2. The van der Waals surface area contributed by atoms with Crippen LogP contribution in [0.25, 0.3) is 0 Å². The van der Waals surface area contributed by atoms with Crippen LogP contribution in [-0.4, -0.2) is 33.8 Å². The summed E-state index contributed by atoms with van der Waals surface area (Å²) in [6.07, 6.45) is 3.54. The third kappa shape index (κ3) is 4.91. The number of halogens is 2. The number of methoxy groups -OCH3 is 1. The van der Waals surface area contributed by atoms with Crippen molar-refractivity contribution in [1.82, 2.24) is 9.55 Å². The zero-order valence-electron chi connectivity index (χ0n) is 12.0. The molecule has 2 rings (SSSR count). The molecule has 1 unspecified atom stereocenters. The summed E-state index contributed by atoms with van der Waals surface area (Å²) in [4.78, 5) is 14.9. The number of aliphatic carboxylic acids is 1. The zero-order chi connectivity index (χ0) is 14.5. The Morgan fingerprint density at radius 2 is 2.09 bits per heavy atom. The predicted molar refractivity (Wildman–Crippen MR) is 88.1 cm³/mol. The summed E-state index contributed by atoms with van der Waals surface area (Å²) in [5.41, 5.74) is 7.34. The van der Waals surface area contributed by atoms with Crippen LogP contribution >= 0.6 is 24.8 Å². The summed E-state index contributed by atoms with van der Waals surface area (Å²) in [6.45, 7) is 0.561. The third-order valence-corrected chi connectivity index (χ3v) is 3.08. The first-order chi connectivity index (χ1) is 9.61. The molecule has 0 aliphatic rings. The van der Waals surface area contributed by atoms with Crippen LogP contribution < -0.4 is 10.5 Å². The summed E-state index contributed by atoms with van der Waals surface area (Å²) in [6, 6.07) is 6.74. The van der Waals surface area contributed by atoms with Crippen LogP contribution in [-0.2, 0) is 17.8 Å². The Bertz CT molecular complexity index is 605. The molecule has 1 aromatic carbocycles. The molecule has 3 N–H and O–H groups in total. The van der Waals surface area contributed by atoms with Gasteiger partial charge in [0, 0.05) is 23.9 Å². The van der Waals surface area contributed by atoms with Crippen molar-refractivity contribution in [3.8, 4) is 5.75 Å². The van der Waals surface area contributed by atoms with Gasteiger partial charge in [-0.1, -0.05) is 18.2 Å². The third-order valence-electron chi connectivity index (χ3n) is 3.08. The second-order valence-electron chi connectivity index (χ2n) is 4.47. The van der Waals surface area contributed by atoms with E-state index in [1.165, 1.54) is 0 Å². The maximum Gasteiger partial charge on any atom is 0.320 e. The Kier molecular flexibility index (Phi) is 8.55. The summed E-state index contributed by atoms with van der Waals surface area (Å²) in [7, 11) is 1.62. The van der Waals surface area contributed by atoms with E-state index >= 15 is 0 Å². The minimum absolute atomic E-state index is 0. The number of hydrogen-bond acceptors (Lipinski definition) is 4. The number of carboxylic acid groups (broad SMARTS) is 1. The fourth-order valence-corrected chi connectivity index (χ4v) is 1.99. The lowest BCUT2D eigenvalue weighted by molar-refractivity contribution is -0.138. The minimum atomic E-state index is -1.02. The molecule has 1 atom stereocenters. The summed E-state index contributed by atoms with van der Waals surface area (Å²) in [5.74, 6) is -0.232. The topological polar surface area (TPSA) is 90.4 Å². The van der Waals surface area contributed by atoms with Crippen LogP contribution in [0, 0.1) is 0 Å². The van der Waals surface area contributed by atoms with Gasteiger partial charge in [-0.3, -0.25) is 4.79 Å². The standard InChI is InChI=1S/C14H17N3O3.2ClH/c1-20-13-5-3-2-4-10(13)8-17-9-16-7-11(17)6-12(15)14(18)19;;/h2-5,7,9,12H,6,8,15H2,1H3,(H,18,19);2*1H. The Morgan fingerprint density at radius 3 is 2.73 bits per heavy atom. The molecule has 0 amide bonds. The van der Waals surface area contributed by atoms with E-state index in [1.807, 2.05) is 28.8 Å². The highest BCUT2D eigenvalue weighted by Gasteiger charge is 2.15. The van der Waals surface area contributed by atoms with Crippen LogP contribution in [0.15, 0.2) is 36.8 Å². The van der Waals surface area contributed by atoms with Crippen LogP contribution in [0.5, 0.6) is 5.75 Å². The molecule has 0 fully saturated rings. The molecule has 1 aromatic heterocycles. The lowest BCUT2D eigenvalue weighted by Gasteiger charge is -2.12. The van der Waals surface area contributed by atoms with Gasteiger partial charge in [0.1, 0.15) is 11.8 Å². The lowest BCUT2D eigenvalue weighted by Crippen LogP contribution is -2.33. The molecule has 0 saturated carbocycles. The minimum Gasteiger partial charge on any atom is -0.496 e. The quantitative estimate of drug-likeness (QED) is 0.830. The van der Waals surface area contributed by atoms with E-state index in [1.54, 1.807) is 19.6 Å². The first-order valence-corrected chi connectivity index (χ1v) is 6.21. The fraction of sp³-hybridized carbons (Fsp3) is 0.286. The van der Waals surface area contributed by atoms with Crippen LogP contribution in [0.4, 0.5) is 0 Å². The van der Waals surface area contributed by atoms with Crippen molar-refractivity contribution in [3.63, 3.8) is 0 Å². The van der Waals surface area contributed by atoms with Gasteiger partial charge in [0.25, 0.3) is 0 Å². The SMILES string of the molecule is COc1ccccc1Cn1cncc1CC(N)C(=O)O.Cl.Cl. The second kappa shape index (κ2) is 9.30. The number of rotatable bonds is 6. The van der Waals surface area contributed by atoms with Gasteiger partial charge in [0.2, 0.25) is 0 Å². The van der Waals surface area contributed by atoms with E-state index in [2.05, 4.69) is 4.98 Å². The number of imidazole rings is 1. The average molecular weight is 348 g/mol. The number of benzene rings is 1. The molecular weight excluding hydrogens is 329 g/mol. The van der Waals surface area contributed by atoms with Crippen molar-refractivity contribution >= 4 is 30.8 Å². The number of ether oxygens (including phenoxy) is 1. The highest BCUT2D eigenvalue weighted by molar-refractivity contribution is 5.85. The van der Waals surface area contributed by atoms with Crippen LogP contribution in [0.1, 0.15) is 11.3 Å². The monoisotopic (exact) mass is 347 g/mol. The second-order valence-corrected chi connectivity index (χ2v) is 4.47. The molecule has 22 heavy (non-hydrogen) atoms. The predicted octanol–water partition coefficient (Wildman–Crippen LogP) is 1.74. The number of para-hydroxylation sites is 1. The van der Waals surface area contributed by atoms with E-state index < -0.39 is 12.0 Å². The van der Waals surface area contributed by atoms with E-state index in [9.17, 15) is 4.79 Å². The molecular formula is C14H19Cl2N3O3. The highest BCUT2D eigenvalue weighted by Crippen LogP contribution is 2.19. The van der Waals surface area contributed by atoms with E-state index in [4.69, 9.17) is 15.6 Å². The summed E-state index contributed by atoms with van der Waals surface area (Å²) in [5, 5.41) is 8.87. The largest absolute Gasteiger partial charge is 0.496 e. The smallest absolute Gasteiger partial charge is 0.320 e. The van der Waals surface area contributed by atoms with Gasteiger partial charge in [0.15, 0.2) is 0 Å². The molecule has 1 heterocycles. The molecule has 8 heteroatoms. The normalized spacial score (nSPS) is 11.0. The number of carbonyl (C=O) groups is 1. The molecule has 0 radical (unpaired) electrons. The summed E-state index contributed by atoms with van der Waals surface area (Å²) < 4.78 is 7.18. The highest BCUT2D eigenvalue weighted by atomic mass is 35.5. The number of carboxylic acids is 1. The lowest BCUT2D eigenvalue weighted by atomic mass is 10.1. The van der Waals surface area contributed by atoms with Gasteiger partial charge >= 0.3 is 5.97 Å². The Labute approximate surface area is 141 Å². The molecule has 0 spiro atoms. The van der Waals surface area contributed by atoms with Gasteiger partial charge in [-0.15, -0.1) is 24.8 Å². The van der Waals surface area contributed by atoms with Gasteiger partial charge < -0.3 is 20.1 Å². The Morgan fingerprint density at radius 1 is 1.41 bits per heavy atom. The average Bonchev–Trinajstić information content (AvgIpc) is 2.86. The van der Waals surface area contributed by atoms with E-state index in [0.29, 0.717) is 6.54 Å². The number of nitrogens with two attached hydrogens (primary N) is 1. The molecule has 0 aliphatic heterocycles. The number of aromatic nitrogens is 2. The van der Waals surface area contributed by atoms with Crippen LogP contribution in [0.2, 0.25) is 0 Å². The van der Waals surface area contributed by atoms with Crippen LogP contribution in [0.3, 0.4) is 0 Å². The first kappa shape index (κ1) is 20.2. The van der Waals surface area contributed by atoms with Crippen molar-refractivity contribution < 1.29 is 14.6 Å². The maximum atomic E-state index is 10.8. The zero-order valence-corrected chi connectivity index (χ0v) is 13.6. The van der Waals surface area contributed by atoms with Crippen molar-refractivity contribution in [2.45, 2.75) is 19.0 Å². The maximum absolute atomic E-state index is 10.8. The van der Waals surface area contributed by atoms with E-state index in [0.717, 1.165) is 17.0 Å². The molecule has 122 valence electrons. The fourth-order valence-electron chi connectivity index (χ4n) is 1.99. The molecule has 2 aromatic rings. The van der Waals surface area contributed by atoms with Gasteiger partial charge in [-0.05, 0) is 6.07 Å². The van der Waals surface area contributed by atoms with Crippen molar-refractivity contribution in [1.29, 1.82) is 0 Å². The number of nitrogens with zero attached hydrogens (tertiary/aromatic N) is 2. The van der Waals surface area contributed by atoms with E-state index in [-0.39, 0.29) is 31.2 Å². The van der Waals surface area contributed by atoms with Crippen molar-refractivity contribution in [2.24, 2.45) is 5.73 Å².